The van der Waals surface area contributed by atoms with Crippen LogP contribution < -0.4 is 0 Å². The van der Waals surface area contributed by atoms with E-state index in [1.54, 1.807) is 11.1 Å². The molecule has 2 aromatic rings. The third-order valence-electron chi connectivity index (χ3n) is 3.91. The van der Waals surface area contributed by atoms with Crippen LogP contribution in [0.3, 0.4) is 0 Å². The lowest BCUT2D eigenvalue weighted by atomic mass is 9.92. The van der Waals surface area contributed by atoms with E-state index in [4.69, 9.17) is 0 Å². The van der Waals surface area contributed by atoms with Gasteiger partial charge in [-0.2, -0.15) is 0 Å². The molecule has 0 bridgehead atoms. The topological polar surface area (TPSA) is 0 Å². The fraction of sp³-hybridized carbons (Fsp3) is 0.294. The van der Waals surface area contributed by atoms with Crippen LogP contribution in [0.4, 0.5) is 0 Å². The quantitative estimate of drug-likeness (QED) is 0.694. The minimum absolute atomic E-state index is 0.601. The summed E-state index contributed by atoms with van der Waals surface area (Å²) in [6.45, 7) is 2.15. The molecule has 0 saturated carbocycles. The molecule has 92 valence electrons. The summed E-state index contributed by atoms with van der Waals surface area (Å²) in [5.74, 6) is 0.601. The van der Waals surface area contributed by atoms with E-state index in [0.29, 0.717) is 5.92 Å². The van der Waals surface area contributed by atoms with E-state index < -0.39 is 0 Å². The van der Waals surface area contributed by atoms with Crippen LogP contribution in [-0.4, -0.2) is 6.26 Å². The fourth-order valence-electron chi connectivity index (χ4n) is 2.96. The summed E-state index contributed by atoms with van der Waals surface area (Å²) in [6, 6.07) is 15.8. The Balaban J connectivity index is 2.06. The number of fused-ring (bicyclic) bond motifs is 1. The first-order chi connectivity index (χ1) is 8.79. The fourth-order valence-corrected chi connectivity index (χ4v) is 3.67. The Kier molecular flexibility index (Phi) is 3.17. The molecule has 0 N–H and O–H groups in total. The SMILES string of the molecule is CSc1cccc2c1C(c1ccc(C)cc1)CC2. The predicted molar refractivity (Wildman–Crippen MR) is 79.6 cm³/mol. The summed E-state index contributed by atoms with van der Waals surface area (Å²) in [4.78, 5) is 1.45. The number of thioether (sulfide) groups is 1. The maximum absolute atomic E-state index is 2.30. The molecule has 0 amide bonds. The van der Waals surface area contributed by atoms with Gasteiger partial charge in [0.15, 0.2) is 0 Å². The standard InChI is InChI=1S/C17H18S/c1-12-6-8-13(9-7-12)15-11-10-14-4-3-5-16(18-2)17(14)15/h3-9,15H,10-11H2,1-2H3. The van der Waals surface area contributed by atoms with Crippen molar-refractivity contribution in [2.75, 3.05) is 6.26 Å². The van der Waals surface area contributed by atoms with Gasteiger partial charge in [0.25, 0.3) is 0 Å². The van der Waals surface area contributed by atoms with Crippen molar-refractivity contribution in [2.45, 2.75) is 30.6 Å². The lowest BCUT2D eigenvalue weighted by Crippen LogP contribution is -1.98. The van der Waals surface area contributed by atoms with Gasteiger partial charge in [-0.3, -0.25) is 0 Å². The van der Waals surface area contributed by atoms with E-state index in [9.17, 15) is 0 Å². The summed E-state index contributed by atoms with van der Waals surface area (Å²) in [5, 5.41) is 0. The van der Waals surface area contributed by atoms with Crippen LogP contribution in [0.2, 0.25) is 0 Å². The summed E-state index contributed by atoms with van der Waals surface area (Å²) in [5.41, 5.74) is 5.94. The van der Waals surface area contributed by atoms with Crippen LogP contribution in [0.5, 0.6) is 0 Å². The minimum Gasteiger partial charge on any atom is -0.129 e. The zero-order valence-electron chi connectivity index (χ0n) is 10.9. The van der Waals surface area contributed by atoms with Gasteiger partial charge in [-0.25, -0.2) is 0 Å². The molecule has 0 nitrogen and oxygen atoms in total. The second-order valence-corrected chi connectivity index (χ2v) is 5.88. The van der Waals surface area contributed by atoms with E-state index in [2.05, 4.69) is 55.6 Å². The van der Waals surface area contributed by atoms with Gasteiger partial charge in [0.1, 0.15) is 0 Å². The summed E-state index contributed by atoms with van der Waals surface area (Å²) >= 11 is 1.88. The lowest BCUT2D eigenvalue weighted by Gasteiger charge is -2.15. The minimum atomic E-state index is 0.601. The van der Waals surface area contributed by atoms with Crippen LogP contribution in [0, 0.1) is 6.92 Å². The average molecular weight is 254 g/mol. The molecular formula is C17H18S. The molecule has 0 heterocycles. The van der Waals surface area contributed by atoms with Crippen molar-refractivity contribution in [1.29, 1.82) is 0 Å². The molecule has 0 saturated heterocycles. The summed E-state index contributed by atoms with van der Waals surface area (Å²) in [6.07, 6.45) is 4.67. The number of hydrogen-bond donors (Lipinski definition) is 0. The van der Waals surface area contributed by atoms with Crippen molar-refractivity contribution in [3.05, 3.63) is 64.7 Å². The molecule has 3 rings (SSSR count). The molecular weight excluding hydrogens is 236 g/mol. The second-order valence-electron chi connectivity index (χ2n) is 5.04. The smallest absolute Gasteiger partial charge is 0.0110 e. The molecule has 18 heavy (non-hydrogen) atoms. The monoisotopic (exact) mass is 254 g/mol. The van der Waals surface area contributed by atoms with E-state index in [1.807, 2.05) is 11.8 Å². The summed E-state index contributed by atoms with van der Waals surface area (Å²) < 4.78 is 0. The largest absolute Gasteiger partial charge is 0.129 e. The second kappa shape index (κ2) is 4.81. The van der Waals surface area contributed by atoms with Gasteiger partial charge in [-0.15, -0.1) is 11.8 Å². The highest BCUT2D eigenvalue weighted by Gasteiger charge is 2.26. The predicted octanol–water partition coefficient (Wildman–Crippen LogP) is 4.80. The molecule has 1 aliphatic rings. The van der Waals surface area contributed by atoms with E-state index >= 15 is 0 Å². The zero-order valence-corrected chi connectivity index (χ0v) is 11.8. The van der Waals surface area contributed by atoms with Gasteiger partial charge in [0.05, 0.1) is 0 Å². The first-order valence-corrected chi connectivity index (χ1v) is 7.74. The van der Waals surface area contributed by atoms with Gasteiger partial charge >= 0.3 is 0 Å². The van der Waals surface area contributed by atoms with Crippen molar-refractivity contribution < 1.29 is 0 Å². The Morgan fingerprint density at radius 2 is 1.83 bits per heavy atom. The molecule has 0 radical (unpaired) electrons. The highest BCUT2D eigenvalue weighted by atomic mass is 32.2. The Hall–Kier alpha value is -1.21. The average Bonchev–Trinajstić information content (AvgIpc) is 2.83. The number of aryl methyl sites for hydroxylation is 2. The molecule has 1 aliphatic carbocycles. The van der Waals surface area contributed by atoms with Crippen molar-refractivity contribution in [3.63, 3.8) is 0 Å². The molecule has 1 atom stereocenters. The molecule has 1 heteroatoms. The molecule has 0 aromatic heterocycles. The van der Waals surface area contributed by atoms with Crippen LogP contribution in [0.1, 0.15) is 34.6 Å². The number of rotatable bonds is 2. The van der Waals surface area contributed by atoms with Crippen LogP contribution in [0.25, 0.3) is 0 Å². The van der Waals surface area contributed by atoms with Crippen molar-refractivity contribution >= 4 is 11.8 Å². The number of benzene rings is 2. The summed E-state index contributed by atoms with van der Waals surface area (Å²) in [7, 11) is 0. The van der Waals surface area contributed by atoms with E-state index in [-0.39, 0.29) is 0 Å². The molecule has 1 unspecified atom stereocenters. The third kappa shape index (κ3) is 1.97. The van der Waals surface area contributed by atoms with Crippen LogP contribution in [0.15, 0.2) is 47.4 Å². The van der Waals surface area contributed by atoms with E-state index in [1.165, 1.54) is 28.9 Å². The van der Waals surface area contributed by atoms with Crippen LogP contribution in [-0.2, 0) is 6.42 Å². The first kappa shape index (κ1) is 11.9. The Morgan fingerprint density at radius 1 is 1.06 bits per heavy atom. The molecule has 2 aromatic carbocycles. The van der Waals surface area contributed by atoms with Gasteiger partial charge in [-0.1, -0.05) is 42.0 Å². The zero-order chi connectivity index (χ0) is 12.5. The maximum Gasteiger partial charge on any atom is 0.0110 e. The highest BCUT2D eigenvalue weighted by Crippen LogP contribution is 2.42. The maximum atomic E-state index is 2.30. The van der Waals surface area contributed by atoms with E-state index in [0.717, 1.165) is 0 Å². The van der Waals surface area contributed by atoms with Crippen LogP contribution >= 0.6 is 11.8 Å². The van der Waals surface area contributed by atoms with Gasteiger partial charge in [0, 0.05) is 10.8 Å². The first-order valence-electron chi connectivity index (χ1n) is 6.52. The Morgan fingerprint density at radius 3 is 2.56 bits per heavy atom. The number of hydrogen-bond acceptors (Lipinski definition) is 1. The lowest BCUT2D eigenvalue weighted by molar-refractivity contribution is 0.779. The normalized spacial score (nSPS) is 17.8. The van der Waals surface area contributed by atoms with Crippen molar-refractivity contribution in [1.82, 2.24) is 0 Å². The van der Waals surface area contributed by atoms with Gasteiger partial charge < -0.3 is 0 Å². The van der Waals surface area contributed by atoms with Crippen molar-refractivity contribution in [2.24, 2.45) is 0 Å². The highest BCUT2D eigenvalue weighted by molar-refractivity contribution is 7.98. The van der Waals surface area contributed by atoms with Gasteiger partial charge in [-0.05, 0) is 48.8 Å². The molecule has 0 aliphatic heterocycles. The molecule has 0 spiro atoms. The Bertz CT molecular complexity index is 554. The Labute approximate surface area is 113 Å². The van der Waals surface area contributed by atoms with Gasteiger partial charge in [0.2, 0.25) is 0 Å². The van der Waals surface area contributed by atoms with Crippen molar-refractivity contribution in [3.8, 4) is 0 Å². The third-order valence-corrected chi connectivity index (χ3v) is 4.70. The molecule has 0 fully saturated rings.